The molecule has 0 saturated carbocycles. The van der Waals surface area contributed by atoms with Gasteiger partial charge in [0.05, 0.1) is 12.8 Å². The van der Waals surface area contributed by atoms with Gasteiger partial charge in [-0.25, -0.2) is 0 Å². The monoisotopic (exact) mass is 270 g/mol. The van der Waals surface area contributed by atoms with Gasteiger partial charge in [0.15, 0.2) is 0 Å². The molecule has 1 heterocycles. The van der Waals surface area contributed by atoms with Gasteiger partial charge in [-0.1, -0.05) is 31.2 Å². The quantitative estimate of drug-likeness (QED) is 0.866. The molecule has 0 aliphatic rings. The van der Waals surface area contributed by atoms with E-state index in [-0.39, 0.29) is 0 Å². The first-order valence-electron chi connectivity index (χ1n) is 7.14. The van der Waals surface area contributed by atoms with Gasteiger partial charge in [-0.3, -0.25) is 4.98 Å². The Morgan fingerprint density at radius 3 is 2.45 bits per heavy atom. The van der Waals surface area contributed by atoms with Crippen LogP contribution in [-0.4, -0.2) is 18.6 Å². The number of hydrogen-bond acceptors (Lipinski definition) is 3. The summed E-state index contributed by atoms with van der Waals surface area (Å²) in [7, 11) is 2.00. The van der Waals surface area contributed by atoms with Gasteiger partial charge >= 0.3 is 0 Å². The Labute approximate surface area is 121 Å². The van der Waals surface area contributed by atoms with Crippen LogP contribution in [0.2, 0.25) is 0 Å². The summed E-state index contributed by atoms with van der Waals surface area (Å²) in [5.41, 5.74) is 3.56. The molecule has 20 heavy (non-hydrogen) atoms. The molecule has 3 nitrogen and oxygen atoms in total. The summed E-state index contributed by atoms with van der Waals surface area (Å²) in [4.78, 5) is 4.23. The molecule has 0 radical (unpaired) electrons. The van der Waals surface area contributed by atoms with Crippen molar-refractivity contribution in [3.63, 3.8) is 0 Å². The van der Waals surface area contributed by atoms with Crippen LogP contribution < -0.4 is 10.1 Å². The number of hydrogen-bond donors (Lipinski definition) is 1. The highest BCUT2D eigenvalue weighted by Crippen LogP contribution is 2.25. The standard InChI is InChI=1S/C17H22N2O/c1-4-17(18-3)14-8-6-13(7-9-14)15-10-16(20-5-2)12-19-11-15/h6-12,17-18H,4-5H2,1-3H3. The highest BCUT2D eigenvalue weighted by atomic mass is 16.5. The highest BCUT2D eigenvalue weighted by molar-refractivity contribution is 5.64. The van der Waals surface area contributed by atoms with Gasteiger partial charge in [-0.2, -0.15) is 0 Å². The van der Waals surface area contributed by atoms with E-state index >= 15 is 0 Å². The third-order valence-electron chi connectivity index (χ3n) is 3.43. The first kappa shape index (κ1) is 14.5. The Morgan fingerprint density at radius 1 is 1.10 bits per heavy atom. The first-order valence-corrected chi connectivity index (χ1v) is 7.14. The number of pyridine rings is 1. The van der Waals surface area contributed by atoms with Crippen molar-refractivity contribution in [2.75, 3.05) is 13.7 Å². The Morgan fingerprint density at radius 2 is 1.85 bits per heavy atom. The second-order valence-electron chi connectivity index (χ2n) is 4.71. The molecule has 3 heteroatoms. The Kier molecular flexibility index (Phi) is 5.13. The normalized spacial score (nSPS) is 12.2. The summed E-state index contributed by atoms with van der Waals surface area (Å²) >= 11 is 0. The maximum absolute atomic E-state index is 5.49. The van der Waals surface area contributed by atoms with E-state index < -0.39 is 0 Å². The van der Waals surface area contributed by atoms with Crippen LogP contribution >= 0.6 is 0 Å². The second kappa shape index (κ2) is 7.06. The van der Waals surface area contributed by atoms with Crippen molar-refractivity contribution in [2.24, 2.45) is 0 Å². The van der Waals surface area contributed by atoms with Gasteiger partial charge in [-0.15, -0.1) is 0 Å². The number of nitrogens with zero attached hydrogens (tertiary/aromatic N) is 1. The van der Waals surface area contributed by atoms with Crippen molar-refractivity contribution in [1.29, 1.82) is 0 Å². The Bertz CT molecular complexity index is 533. The molecule has 1 unspecified atom stereocenters. The summed E-state index contributed by atoms with van der Waals surface area (Å²) in [6.07, 6.45) is 4.69. The number of aromatic nitrogens is 1. The van der Waals surface area contributed by atoms with Crippen LogP contribution in [0.4, 0.5) is 0 Å². The molecule has 2 aromatic rings. The zero-order valence-electron chi connectivity index (χ0n) is 12.4. The zero-order chi connectivity index (χ0) is 14.4. The molecule has 0 aliphatic carbocycles. The van der Waals surface area contributed by atoms with Crippen LogP contribution in [0.3, 0.4) is 0 Å². The van der Waals surface area contributed by atoms with E-state index in [1.807, 2.05) is 26.2 Å². The van der Waals surface area contributed by atoms with Crippen LogP contribution in [0.15, 0.2) is 42.7 Å². The lowest BCUT2D eigenvalue weighted by molar-refractivity contribution is 0.339. The van der Waals surface area contributed by atoms with E-state index in [1.165, 1.54) is 5.56 Å². The molecule has 0 spiro atoms. The van der Waals surface area contributed by atoms with Gasteiger partial charge < -0.3 is 10.1 Å². The third kappa shape index (κ3) is 3.36. The fourth-order valence-electron chi connectivity index (χ4n) is 2.34. The fourth-order valence-corrected chi connectivity index (χ4v) is 2.34. The zero-order valence-corrected chi connectivity index (χ0v) is 12.4. The highest BCUT2D eigenvalue weighted by Gasteiger charge is 2.07. The van der Waals surface area contributed by atoms with E-state index in [0.29, 0.717) is 12.6 Å². The molecular formula is C17H22N2O. The molecule has 0 bridgehead atoms. The lowest BCUT2D eigenvalue weighted by Gasteiger charge is -2.14. The number of nitrogens with one attached hydrogen (secondary N) is 1. The van der Waals surface area contributed by atoms with E-state index in [1.54, 1.807) is 6.20 Å². The van der Waals surface area contributed by atoms with Gasteiger partial charge in [0.25, 0.3) is 0 Å². The first-order chi connectivity index (χ1) is 9.78. The second-order valence-corrected chi connectivity index (χ2v) is 4.71. The molecule has 1 atom stereocenters. The number of ether oxygens (including phenoxy) is 1. The Balaban J connectivity index is 2.23. The molecule has 106 valence electrons. The number of rotatable bonds is 6. The topological polar surface area (TPSA) is 34.1 Å². The SMILES string of the molecule is CCOc1cncc(-c2ccc(C(CC)NC)cc2)c1. The molecule has 0 aliphatic heterocycles. The summed E-state index contributed by atoms with van der Waals surface area (Å²) in [6, 6.07) is 11.1. The summed E-state index contributed by atoms with van der Waals surface area (Å²) in [5, 5.41) is 3.32. The molecule has 1 aromatic carbocycles. The van der Waals surface area contributed by atoms with Crippen molar-refractivity contribution in [1.82, 2.24) is 10.3 Å². The largest absolute Gasteiger partial charge is 0.492 e. The summed E-state index contributed by atoms with van der Waals surface area (Å²) < 4.78 is 5.49. The minimum Gasteiger partial charge on any atom is -0.492 e. The van der Waals surface area contributed by atoms with Crippen LogP contribution in [0.5, 0.6) is 5.75 Å². The lowest BCUT2D eigenvalue weighted by atomic mass is 10.0. The van der Waals surface area contributed by atoms with Gasteiger partial charge in [0, 0.05) is 17.8 Å². The van der Waals surface area contributed by atoms with Crippen molar-refractivity contribution in [3.8, 4) is 16.9 Å². The van der Waals surface area contributed by atoms with Crippen molar-refractivity contribution in [3.05, 3.63) is 48.3 Å². The number of benzene rings is 1. The average Bonchev–Trinajstić information content (AvgIpc) is 2.50. The van der Waals surface area contributed by atoms with Crippen LogP contribution in [-0.2, 0) is 0 Å². The van der Waals surface area contributed by atoms with Crippen LogP contribution in [0.1, 0.15) is 31.9 Å². The molecule has 0 fully saturated rings. The fraction of sp³-hybridized carbons (Fsp3) is 0.353. The third-order valence-corrected chi connectivity index (χ3v) is 3.43. The predicted molar refractivity (Wildman–Crippen MR) is 82.9 cm³/mol. The van der Waals surface area contributed by atoms with Crippen LogP contribution in [0.25, 0.3) is 11.1 Å². The van der Waals surface area contributed by atoms with Gasteiger partial charge in [0.2, 0.25) is 0 Å². The van der Waals surface area contributed by atoms with Crippen LogP contribution in [0, 0.1) is 0 Å². The molecule has 0 amide bonds. The Hall–Kier alpha value is -1.87. The van der Waals surface area contributed by atoms with Gasteiger partial charge in [-0.05, 0) is 37.6 Å². The summed E-state index contributed by atoms with van der Waals surface area (Å²) in [5.74, 6) is 0.815. The molecule has 0 saturated heterocycles. The minimum absolute atomic E-state index is 0.414. The van der Waals surface area contributed by atoms with E-state index in [0.717, 1.165) is 23.3 Å². The predicted octanol–water partition coefficient (Wildman–Crippen LogP) is 3.82. The van der Waals surface area contributed by atoms with E-state index in [4.69, 9.17) is 4.74 Å². The average molecular weight is 270 g/mol. The van der Waals surface area contributed by atoms with Crippen molar-refractivity contribution in [2.45, 2.75) is 26.3 Å². The summed E-state index contributed by atoms with van der Waals surface area (Å²) in [6.45, 7) is 4.82. The van der Waals surface area contributed by atoms with Gasteiger partial charge in [0.1, 0.15) is 5.75 Å². The molecule has 1 aromatic heterocycles. The molecule has 1 N–H and O–H groups in total. The molecule has 2 rings (SSSR count). The van der Waals surface area contributed by atoms with Crippen molar-refractivity contribution < 1.29 is 4.74 Å². The smallest absolute Gasteiger partial charge is 0.138 e. The maximum Gasteiger partial charge on any atom is 0.138 e. The maximum atomic E-state index is 5.49. The minimum atomic E-state index is 0.414. The lowest BCUT2D eigenvalue weighted by Crippen LogP contribution is -2.14. The van der Waals surface area contributed by atoms with E-state index in [9.17, 15) is 0 Å². The van der Waals surface area contributed by atoms with E-state index in [2.05, 4.69) is 41.5 Å². The van der Waals surface area contributed by atoms with Crippen molar-refractivity contribution >= 4 is 0 Å². The molecular weight excluding hydrogens is 248 g/mol.